The van der Waals surface area contributed by atoms with E-state index in [9.17, 15) is 0 Å². The molecular weight excluding hydrogens is 261 g/mol. The second-order valence-electron chi connectivity index (χ2n) is 3.84. The highest BCUT2D eigenvalue weighted by molar-refractivity contribution is 5.85. The van der Waals surface area contributed by atoms with E-state index in [1.165, 1.54) is 5.69 Å². The van der Waals surface area contributed by atoms with Crippen molar-refractivity contribution in [2.45, 2.75) is 19.6 Å². The number of halogens is 2. The van der Waals surface area contributed by atoms with Gasteiger partial charge in [-0.2, -0.15) is 0 Å². The summed E-state index contributed by atoms with van der Waals surface area (Å²) in [6.07, 6.45) is 1.78. The fraction of sp³-hybridized carbons (Fsp3) is 0.636. The molecule has 4 nitrogen and oxygen atoms in total. The summed E-state index contributed by atoms with van der Waals surface area (Å²) in [5.74, 6) is 0. The fourth-order valence-electron chi connectivity index (χ4n) is 1.38. The zero-order valence-electron chi connectivity index (χ0n) is 10.3. The van der Waals surface area contributed by atoms with E-state index in [1.807, 2.05) is 19.3 Å². The molecule has 0 spiro atoms. The Morgan fingerprint density at radius 2 is 1.94 bits per heavy atom. The predicted octanol–water partition coefficient (Wildman–Crippen LogP) is 0.929. The van der Waals surface area contributed by atoms with Crippen molar-refractivity contribution in [2.75, 3.05) is 19.6 Å². The Morgan fingerprint density at radius 3 is 2.47 bits per heavy atom. The number of nitrogens with one attached hydrogen (secondary N) is 2. The molecule has 0 aromatic carbocycles. The molecule has 1 aromatic rings. The molecule has 0 amide bonds. The summed E-state index contributed by atoms with van der Waals surface area (Å²) in [5, 5.41) is 15.5. The molecule has 6 heteroatoms. The lowest BCUT2D eigenvalue weighted by Gasteiger charge is -2.08. The van der Waals surface area contributed by atoms with Gasteiger partial charge in [0, 0.05) is 45.1 Å². The molecule has 102 valence electrons. The largest absolute Gasteiger partial charge is 0.392 e. The summed E-state index contributed by atoms with van der Waals surface area (Å²) in [6.45, 7) is 5.13. The van der Waals surface area contributed by atoms with Gasteiger partial charge in [0.2, 0.25) is 0 Å². The number of aliphatic hydroxyl groups excluding tert-OH is 1. The van der Waals surface area contributed by atoms with Crippen molar-refractivity contribution in [1.29, 1.82) is 0 Å². The zero-order valence-corrected chi connectivity index (χ0v) is 12.0. The van der Waals surface area contributed by atoms with Crippen LogP contribution in [0.15, 0.2) is 18.3 Å². The van der Waals surface area contributed by atoms with Crippen molar-refractivity contribution < 1.29 is 5.11 Å². The van der Waals surface area contributed by atoms with Crippen LogP contribution in [0.2, 0.25) is 0 Å². The normalized spacial score (nSPS) is 11.5. The first-order chi connectivity index (χ1) is 7.20. The van der Waals surface area contributed by atoms with Gasteiger partial charge in [0.15, 0.2) is 0 Å². The third-order valence-electron chi connectivity index (χ3n) is 2.28. The second-order valence-corrected chi connectivity index (χ2v) is 3.84. The third-order valence-corrected chi connectivity index (χ3v) is 2.28. The molecule has 0 saturated heterocycles. The molecule has 1 unspecified atom stereocenters. The van der Waals surface area contributed by atoms with Crippen LogP contribution in [0.25, 0.3) is 0 Å². The summed E-state index contributed by atoms with van der Waals surface area (Å²) in [4.78, 5) is 0. The number of hydrogen-bond acceptors (Lipinski definition) is 3. The average molecular weight is 284 g/mol. The number of aliphatic hydroxyl groups is 1. The van der Waals surface area contributed by atoms with Crippen LogP contribution in [0.5, 0.6) is 0 Å². The van der Waals surface area contributed by atoms with Crippen molar-refractivity contribution in [2.24, 2.45) is 7.05 Å². The minimum atomic E-state index is -0.266. The highest BCUT2D eigenvalue weighted by atomic mass is 35.5. The Kier molecular flexibility index (Phi) is 12.2. The predicted molar refractivity (Wildman–Crippen MR) is 76.2 cm³/mol. The van der Waals surface area contributed by atoms with E-state index >= 15 is 0 Å². The number of aromatic nitrogens is 1. The SMILES string of the molecule is CC(O)CNCCNCc1cccn1C.Cl.Cl. The van der Waals surface area contributed by atoms with Crippen LogP contribution < -0.4 is 10.6 Å². The molecule has 0 aliphatic carbocycles. The first-order valence-electron chi connectivity index (χ1n) is 5.40. The topological polar surface area (TPSA) is 49.2 Å². The van der Waals surface area contributed by atoms with E-state index in [2.05, 4.69) is 21.3 Å². The highest BCUT2D eigenvalue weighted by Crippen LogP contribution is 1.97. The van der Waals surface area contributed by atoms with Crippen molar-refractivity contribution in [3.63, 3.8) is 0 Å². The van der Waals surface area contributed by atoms with Gasteiger partial charge in [0.05, 0.1) is 6.10 Å². The molecule has 0 aliphatic rings. The van der Waals surface area contributed by atoms with Crippen molar-refractivity contribution >= 4 is 24.8 Å². The Bertz CT molecular complexity index is 279. The lowest BCUT2D eigenvalue weighted by molar-refractivity contribution is 0.191. The van der Waals surface area contributed by atoms with Crippen LogP contribution in [-0.4, -0.2) is 35.4 Å². The smallest absolute Gasteiger partial charge is 0.0636 e. The summed E-state index contributed by atoms with van der Waals surface area (Å²) >= 11 is 0. The van der Waals surface area contributed by atoms with E-state index in [4.69, 9.17) is 5.11 Å². The van der Waals surface area contributed by atoms with Crippen LogP contribution in [0, 0.1) is 0 Å². The van der Waals surface area contributed by atoms with E-state index in [1.54, 1.807) is 6.92 Å². The van der Waals surface area contributed by atoms with Gasteiger partial charge in [-0.3, -0.25) is 0 Å². The molecule has 0 aliphatic heterocycles. The quantitative estimate of drug-likeness (QED) is 0.653. The maximum atomic E-state index is 9.01. The molecule has 0 bridgehead atoms. The Labute approximate surface area is 116 Å². The van der Waals surface area contributed by atoms with Crippen LogP contribution in [-0.2, 0) is 13.6 Å². The van der Waals surface area contributed by atoms with Gasteiger partial charge in [-0.05, 0) is 19.1 Å². The maximum absolute atomic E-state index is 9.01. The maximum Gasteiger partial charge on any atom is 0.0636 e. The van der Waals surface area contributed by atoms with Crippen LogP contribution in [0.4, 0.5) is 0 Å². The Balaban J connectivity index is 0. The van der Waals surface area contributed by atoms with E-state index in [0.717, 1.165) is 19.6 Å². The monoisotopic (exact) mass is 283 g/mol. The van der Waals surface area contributed by atoms with Crippen molar-refractivity contribution in [3.05, 3.63) is 24.0 Å². The first-order valence-corrected chi connectivity index (χ1v) is 5.40. The van der Waals surface area contributed by atoms with E-state index in [0.29, 0.717) is 6.54 Å². The number of hydrogen-bond donors (Lipinski definition) is 3. The number of rotatable bonds is 7. The lowest BCUT2D eigenvalue weighted by Crippen LogP contribution is -2.31. The second kappa shape index (κ2) is 10.9. The van der Waals surface area contributed by atoms with Crippen molar-refractivity contribution in [3.8, 4) is 0 Å². The number of aryl methyl sites for hydroxylation is 1. The fourth-order valence-corrected chi connectivity index (χ4v) is 1.38. The van der Waals surface area contributed by atoms with Crippen molar-refractivity contribution in [1.82, 2.24) is 15.2 Å². The molecule has 3 N–H and O–H groups in total. The summed E-state index contributed by atoms with van der Waals surface area (Å²) in [7, 11) is 2.04. The van der Waals surface area contributed by atoms with Gasteiger partial charge in [-0.25, -0.2) is 0 Å². The van der Waals surface area contributed by atoms with Gasteiger partial charge in [0.25, 0.3) is 0 Å². The molecular formula is C11H23Cl2N3O. The minimum absolute atomic E-state index is 0. The third kappa shape index (κ3) is 8.46. The molecule has 17 heavy (non-hydrogen) atoms. The first kappa shape index (κ1) is 19.1. The van der Waals surface area contributed by atoms with Gasteiger partial charge in [-0.15, -0.1) is 24.8 Å². The lowest BCUT2D eigenvalue weighted by atomic mass is 10.4. The molecule has 0 saturated carbocycles. The summed E-state index contributed by atoms with van der Waals surface area (Å²) in [6, 6.07) is 4.15. The summed E-state index contributed by atoms with van der Waals surface area (Å²) < 4.78 is 2.11. The minimum Gasteiger partial charge on any atom is -0.392 e. The highest BCUT2D eigenvalue weighted by Gasteiger charge is 1.96. The molecule has 1 aromatic heterocycles. The van der Waals surface area contributed by atoms with Crippen LogP contribution in [0.1, 0.15) is 12.6 Å². The van der Waals surface area contributed by atoms with Crippen LogP contribution in [0.3, 0.4) is 0 Å². The standard InChI is InChI=1S/C11H21N3O.2ClH/c1-10(15)8-12-5-6-13-9-11-4-3-7-14(11)2;;/h3-4,7,10,12-13,15H,5-6,8-9H2,1-2H3;2*1H. The van der Waals surface area contributed by atoms with Gasteiger partial charge >= 0.3 is 0 Å². The Hall–Kier alpha value is -0.260. The zero-order chi connectivity index (χ0) is 11.1. The molecule has 1 rings (SSSR count). The molecule has 0 fully saturated rings. The van der Waals surface area contributed by atoms with Gasteiger partial charge in [0.1, 0.15) is 0 Å². The van der Waals surface area contributed by atoms with Gasteiger partial charge < -0.3 is 20.3 Å². The number of nitrogens with zero attached hydrogens (tertiary/aromatic N) is 1. The van der Waals surface area contributed by atoms with Gasteiger partial charge in [-0.1, -0.05) is 0 Å². The Morgan fingerprint density at radius 1 is 1.29 bits per heavy atom. The summed E-state index contributed by atoms with van der Waals surface area (Å²) in [5.41, 5.74) is 1.28. The molecule has 1 heterocycles. The molecule has 0 radical (unpaired) electrons. The van der Waals surface area contributed by atoms with E-state index in [-0.39, 0.29) is 30.9 Å². The van der Waals surface area contributed by atoms with E-state index < -0.39 is 0 Å². The molecule has 1 atom stereocenters. The average Bonchev–Trinajstić information content (AvgIpc) is 2.57. The van der Waals surface area contributed by atoms with Crippen LogP contribution >= 0.6 is 24.8 Å².